The molecule has 0 saturated heterocycles. The highest BCUT2D eigenvalue weighted by Gasteiger charge is 2.30. The molecule has 0 fully saturated rings. The van der Waals surface area contributed by atoms with E-state index in [2.05, 4.69) is 0 Å². The average Bonchev–Trinajstić information content (AvgIpc) is 2.35. The number of rotatable bonds is 5. The van der Waals surface area contributed by atoms with Gasteiger partial charge in [0.25, 0.3) is 0 Å². The van der Waals surface area contributed by atoms with Crippen molar-refractivity contribution in [1.82, 2.24) is 4.90 Å². The number of likely N-dealkylation sites (N-methyl/N-ethyl adjacent to an activating group) is 1. The Morgan fingerprint density at radius 2 is 1.73 bits per heavy atom. The van der Waals surface area contributed by atoms with E-state index in [4.69, 9.17) is 0 Å². The predicted molar refractivity (Wildman–Crippen MR) is 78.2 cm³/mol. The van der Waals surface area contributed by atoms with Crippen LogP contribution in [0.5, 0.6) is 0 Å². The van der Waals surface area contributed by atoms with Gasteiger partial charge in [0.15, 0.2) is 0 Å². The summed E-state index contributed by atoms with van der Waals surface area (Å²) in [7, 11) is 1.60. The van der Waals surface area contributed by atoms with Gasteiger partial charge in [0.2, 0.25) is 5.91 Å². The van der Waals surface area contributed by atoms with Crippen molar-refractivity contribution in [2.45, 2.75) is 39.0 Å². The van der Waals surface area contributed by atoms with Crippen molar-refractivity contribution in [3.05, 3.63) is 35.4 Å². The number of benzene rings is 1. The summed E-state index contributed by atoms with van der Waals surface area (Å²) in [5, 5.41) is 9.71. The van der Waals surface area contributed by atoms with Gasteiger partial charge in [0, 0.05) is 19.5 Å². The van der Waals surface area contributed by atoms with Crippen molar-refractivity contribution in [3.8, 4) is 0 Å². The fourth-order valence-electron chi connectivity index (χ4n) is 2.31. The molecule has 1 rings (SSSR count). The van der Waals surface area contributed by atoms with Gasteiger partial charge in [0.05, 0.1) is 11.2 Å². The maximum atomic E-state index is 12.5. The lowest BCUT2D eigenvalue weighted by molar-refractivity contribution is -0.138. The van der Waals surface area contributed by atoms with Crippen LogP contribution in [0.1, 0.15) is 31.9 Å². The zero-order chi connectivity index (χ0) is 17.1. The Morgan fingerprint density at radius 3 is 2.14 bits per heavy atom. The van der Waals surface area contributed by atoms with Crippen molar-refractivity contribution in [1.29, 1.82) is 0 Å². The lowest BCUT2D eigenvalue weighted by Gasteiger charge is -2.27. The number of aliphatic hydroxyl groups is 1. The van der Waals surface area contributed by atoms with Crippen LogP contribution in [0.4, 0.5) is 13.2 Å². The van der Waals surface area contributed by atoms with Crippen molar-refractivity contribution < 1.29 is 23.1 Å². The molecule has 0 radical (unpaired) electrons. The second-order valence-corrected chi connectivity index (χ2v) is 6.31. The van der Waals surface area contributed by atoms with Crippen LogP contribution in [0.2, 0.25) is 0 Å². The molecule has 0 heterocycles. The third-order valence-corrected chi connectivity index (χ3v) is 3.25. The Hall–Kier alpha value is -1.56. The van der Waals surface area contributed by atoms with Crippen LogP contribution >= 0.6 is 0 Å². The first-order valence-corrected chi connectivity index (χ1v) is 7.03. The lowest BCUT2D eigenvalue weighted by atomic mass is 9.98. The molecule has 22 heavy (non-hydrogen) atoms. The third kappa shape index (κ3) is 5.67. The number of halogens is 3. The molecule has 124 valence electrons. The number of alkyl halides is 3. The molecule has 1 amide bonds. The summed E-state index contributed by atoms with van der Waals surface area (Å²) in [6.45, 7) is 5.14. The number of carbonyl (C=O) groups is 1. The van der Waals surface area contributed by atoms with Gasteiger partial charge in [-0.15, -0.1) is 0 Å². The lowest BCUT2D eigenvalue weighted by Crippen LogP contribution is -2.42. The van der Waals surface area contributed by atoms with Crippen molar-refractivity contribution in [3.63, 3.8) is 0 Å². The van der Waals surface area contributed by atoms with E-state index in [9.17, 15) is 23.1 Å². The molecule has 1 atom stereocenters. The Bertz CT molecular complexity index is 504. The van der Waals surface area contributed by atoms with Crippen LogP contribution in [-0.2, 0) is 17.4 Å². The highest BCUT2D eigenvalue weighted by atomic mass is 19.4. The van der Waals surface area contributed by atoms with Crippen molar-refractivity contribution in [2.24, 2.45) is 5.92 Å². The molecule has 1 aromatic carbocycles. The van der Waals surface area contributed by atoms with Crippen LogP contribution in [0, 0.1) is 5.92 Å². The number of nitrogens with zero attached hydrogens (tertiary/aromatic N) is 1. The van der Waals surface area contributed by atoms with Crippen LogP contribution < -0.4 is 0 Å². The van der Waals surface area contributed by atoms with Crippen molar-refractivity contribution >= 4 is 5.91 Å². The first kappa shape index (κ1) is 18.5. The van der Waals surface area contributed by atoms with E-state index < -0.39 is 17.3 Å². The smallest absolute Gasteiger partial charge is 0.389 e. The molecule has 0 spiro atoms. The van der Waals surface area contributed by atoms with Gasteiger partial charge in [-0.2, -0.15) is 13.2 Å². The Kier molecular flexibility index (Phi) is 5.62. The second kappa shape index (κ2) is 6.69. The van der Waals surface area contributed by atoms with Gasteiger partial charge < -0.3 is 10.0 Å². The monoisotopic (exact) mass is 317 g/mol. The molecule has 1 N–H and O–H groups in total. The van der Waals surface area contributed by atoms with E-state index in [-0.39, 0.29) is 18.4 Å². The summed E-state index contributed by atoms with van der Waals surface area (Å²) in [6.07, 6.45) is -4.00. The van der Waals surface area contributed by atoms with Gasteiger partial charge in [-0.3, -0.25) is 4.79 Å². The van der Waals surface area contributed by atoms with E-state index in [1.807, 2.05) is 0 Å². The van der Waals surface area contributed by atoms with E-state index in [1.165, 1.54) is 17.0 Å². The third-order valence-electron chi connectivity index (χ3n) is 3.25. The number of hydrogen-bond acceptors (Lipinski definition) is 2. The fourth-order valence-corrected chi connectivity index (χ4v) is 2.31. The molecule has 0 saturated carbocycles. The van der Waals surface area contributed by atoms with Crippen molar-refractivity contribution in [2.75, 3.05) is 13.6 Å². The SMILES string of the molecule is CC(Cc1ccc(C(F)(F)F)cc1)C(=O)N(C)CC(C)(C)O. The minimum Gasteiger partial charge on any atom is -0.389 e. The van der Waals surface area contributed by atoms with Gasteiger partial charge in [0.1, 0.15) is 0 Å². The van der Waals surface area contributed by atoms with Gasteiger partial charge in [-0.05, 0) is 38.0 Å². The number of carbonyl (C=O) groups excluding carboxylic acids is 1. The minimum atomic E-state index is -4.35. The van der Waals surface area contributed by atoms with Crippen LogP contribution in [0.3, 0.4) is 0 Å². The highest BCUT2D eigenvalue weighted by molar-refractivity contribution is 5.78. The molecule has 1 aromatic rings. The molecule has 0 bridgehead atoms. The number of amides is 1. The minimum absolute atomic E-state index is 0.151. The summed E-state index contributed by atoms with van der Waals surface area (Å²) in [6, 6.07) is 4.82. The average molecular weight is 317 g/mol. The first-order chi connectivity index (χ1) is 9.90. The molecule has 6 heteroatoms. The molecule has 0 aliphatic carbocycles. The van der Waals surface area contributed by atoms with Crippen LogP contribution in [0.25, 0.3) is 0 Å². The first-order valence-electron chi connectivity index (χ1n) is 7.03. The highest BCUT2D eigenvalue weighted by Crippen LogP contribution is 2.29. The van der Waals surface area contributed by atoms with E-state index in [0.29, 0.717) is 12.0 Å². The Labute approximate surface area is 128 Å². The molecule has 0 aromatic heterocycles. The van der Waals surface area contributed by atoms with Gasteiger partial charge in [-0.1, -0.05) is 19.1 Å². The zero-order valence-corrected chi connectivity index (χ0v) is 13.2. The maximum absolute atomic E-state index is 12.5. The van der Waals surface area contributed by atoms with Crippen LogP contribution in [-0.4, -0.2) is 35.1 Å². The quantitative estimate of drug-likeness (QED) is 0.906. The molecule has 1 unspecified atom stereocenters. The Balaban J connectivity index is 2.68. The van der Waals surface area contributed by atoms with Gasteiger partial charge in [-0.25, -0.2) is 0 Å². The molecular formula is C16H22F3NO2. The zero-order valence-electron chi connectivity index (χ0n) is 13.2. The molecule has 3 nitrogen and oxygen atoms in total. The van der Waals surface area contributed by atoms with Gasteiger partial charge >= 0.3 is 6.18 Å². The maximum Gasteiger partial charge on any atom is 0.416 e. The molecule has 0 aliphatic heterocycles. The normalized spacial score (nSPS) is 13.8. The summed E-state index contributed by atoms with van der Waals surface area (Å²) < 4.78 is 37.5. The van der Waals surface area contributed by atoms with E-state index in [0.717, 1.165) is 12.1 Å². The van der Waals surface area contributed by atoms with E-state index >= 15 is 0 Å². The second-order valence-electron chi connectivity index (χ2n) is 6.31. The summed E-state index contributed by atoms with van der Waals surface area (Å²) in [5.41, 5.74) is -1.02. The predicted octanol–water partition coefficient (Wildman–Crippen LogP) is 3.11. The fraction of sp³-hybridized carbons (Fsp3) is 0.562. The molecule has 0 aliphatic rings. The Morgan fingerprint density at radius 1 is 1.23 bits per heavy atom. The topological polar surface area (TPSA) is 40.5 Å². The van der Waals surface area contributed by atoms with Crippen LogP contribution in [0.15, 0.2) is 24.3 Å². The standard InChI is InChI=1S/C16H22F3NO2/c1-11(14(21)20(4)10-15(2,3)22)9-12-5-7-13(8-6-12)16(17,18)19/h5-8,11,22H,9-10H2,1-4H3. The number of hydrogen-bond donors (Lipinski definition) is 1. The summed E-state index contributed by atoms with van der Waals surface area (Å²) in [5.74, 6) is -0.522. The largest absolute Gasteiger partial charge is 0.416 e. The van der Waals surface area contributed by atoms with E-state index in [1.54, 1.807) is 27.8 Å². The summed E-state index contributed by atoms with van der Waals surface area (Å²) in [4.78, 5) is 13.6. The molecular weight excluding hydrogens is 295 g/mol. The summed E-state index contributed by atoms with van der Waals surface area (Å²) >= 11 is 0.